The molecule has 106 valence electrons. The van der Waals surface area contributed by atoms with Crippen LogP contribution in [0.3, 0.4) is 0 Å². The monoisotopic (exact) mass is 278 g/mol. The van der Waals surface area contributed by atoms with E-state index in [1.165, 1.54) is 12.4 Å². The minimum absolute atomic E-state index is 0.0425. The Labute approximate surface area is 98.7 Å². The van der Waals surface area contributed by atoms with Crippen LogP contribution in [0.25, 0.3) is 0 Å². The van der Waals surface area contributed by atoms with Crippen molar-refractivity contribution in [3.63, 3.8) is 0 Å². The van der Waals surface area contributed by atoms with Gasteiger partial charge in [0.15, 0.2) is 0 Å². The van der Waals surface area contributed by atoms with Crippen LogP contribution in [-0.2, 0) is 14.3 Å². The lowest BCUT2D eigenvalue weighted by Gasteiger charge is -2.18. The molecule has 2 N–H and O–H groups in total. The van der Waals surface area contributed by atoms with Crippen LogP contribution in [0, 0.1) is 0 Å². The van der Waals surface area contributed by atoms with E-state index in [-0.39, 0.29) is 13.2 Å². The zero-order valence-corrected chi connectivity index (χ0v) is 9.24. The molecule has 0 aromatic heterocycles. The fraction of sp³-hybridized carbons (Fsp3) is 0.750. The van der Waals surface area contributed by atoms with Gasteiger partial charge in [-0.1, -0.05) is 0 Å². The van der Waals surface area contributed by atoms with Crippen molar-refractivity contribution in [1.29, 1.82) is 0 Å². The molecule has 0 aliphatic heterocycles. The molecule has 0 aromatic carbocycles. The summed E-state index contributed by atoms with van der Waals surface area (Å²) in [5.74, 6) is -9.00. The molecule has 5 nitrogen and oxygen atoms in total. The molecular weight excluding hydrogens is 267 g/mol. The average molecular weight is 278 g/mol. The number of rotatable bonds is 6. The largest absolute Gasteiger partial charge is 0.463 e. The van der Waals surface area contributed by atoms with E-state index >= 15 is 0 Å². The first-order valence-corrected chi connectivity index (χ1v) is 4.61. The second kappa shape index (κ2) is 6.47. The lowest BCUT2D eigenvalue weighted by Crippen LogP contribution is -2.52. The Balaban J connectivity index is 4.15. The average Bonchev–Trinajstić information content (AvgIpc) is 2.24. The van der Waals surface area contributed by atoms with Crippen LogP contribution in [0.1, 0.15) is 0 Å². The first-order chi connectivity index (χ1) is 8.13. The Bertz CT molecular complexity index is 306. The molecule has 0 spiro atoms. The van der Waals surface area contributed by atoms with Gasteiger partial charge in [-0.3, -0.25) is 9.59 Å². The summed E-state index contributed by atoms with van der Waals surface area (Å²) >= 11 is 0. The highest BCUT2D eigenvalue weighted by Crippen LogP contribution is 2.35. The molecule has 0 radical (unpaired) electrons. The van der Waals surface area contributed by atoms with Gasteiger partial charge in [0.05, 0.1) is 13.2 Å². The molecule has 0 heterocycles. The van der Waals surface area contributed by atoms with E-state index in [9.17, 15) is 31.5 Å². The maximum absolute atomic E-state index is 12.4. The summed E-state index contributed by atoms with van der Waals surface area (Å²) in [4.78, 5) is 21.5. The Morgan fingerprint density at radius 3 is 2.11 bits per heavy atom. The highest BCUT2D eigenvalue weighted by Gasteiger charge is 2.63. The van der Waals surface area contributed by atoms with Crippen LogP contribution in [0.2, 0.25) is 0 Å². The molecule has 0 bridgehead atoms. The maximum Gasteiger partial charge on any atom is 0.463 e. The Morgan fingerprint density at radius 1 is 1.11 bits per heavy atom. The summed E-state index contributed by atoms with van der Waals surface area (Å²) in [5, 5.41) is 3.32. The van der Waals surface area contributed by atoms with Crippen molar-refractivity contribution in [1.82, 2.24) is 10.6 Å². The fourth-order valence-electron chi connectivity index (χ4n) is 0.755. The molecule has 0 atom stereocenters. The van der Waals surface area contributed by atoms with E-state index in [1.807, 2.05) is 0 Å². The van der Waals surface area contributed by atoms with Crippen LogP contribution < -0.4 is 10.6 Å². The number of carbonyl (C=O) groups is 2. The zero-order chi connectivity index (χ0) is 14.4. The van der Waals surface area contributed by atoms with Crippen molar-refractivity contribution in [2.75, 3.05) is 26.8 Å². The predicted octanol–water partition coefficient (Wildman–Crippen LogP) is 0.0628. The second-order valence-electron chi connectivity index (χ2n) is 3.10. The van der Waals surface area contributed by atoms with Gasteiger partial charge < -0.3 is 15.4 Å². The third-order valence-electron chi connectivity index (χ3n) is 1.68. The third-order valence-corrected chi connectivity index (χ3v) is 1.68. The smallest absolute Gasteiger partial charge is 0.383 e. The number of ether oxygens (including phenoxy) is 1. The first kappa shape index (κ1) is 16.6. The van der Waals surface area contributed by atoms with Crippen molar-refractivity contribution in [3.8, 4) is 0 Å². The van der Waals surface area contributed by atoms with Gasteiger partial charge in [-0.15, -0.1) is 0 Å². The van der Waals surface area contributed by atoms with Crippen LogP contribution >= 0.6 is 0 Å². The molecule has 0 aliphatic carbocycles. The Hall–Kier alpha value is -1.45. The zero-order valence-electron chi connectivity index (χ0n) is 9.24. The molecule has 0 aromatic rings. The lowest BCUT2D eigenvalue weighted by atomic mass is 10.3. The van der Waals surface area contributed by atoms with Gasteiger partial charge >= 0.3 is 18.0 Å². The molecule has 0 aliphatic rings. The number of hydrogen-bond acceptors (Lipinski definition) is 3. The minimum atomic E-state index is -6.00. The molecule has 0 unspecified atom stereocenters. The molecule has 0 saturated heterocycles. The van der Waals surface area contributed by atoms with Crippen LogP contribution in [0.5, 0.6) is 0 Å². The predicted molar refractivity (Wildman–Crippen MR) is 48.9 cm³/mol. The highest BCUT2D eigenvalue weighted by atomic mass is 19.4. The molecule has 0 fully saturated rings. The minimum Gasteiger partial charge on any atom is -0.383 e. The van der Waals surface area contributed by atoms with Crippen molar-refractivity contribution >= 4 is 11.8 Å². The van der Waals surface area contributed by atoms with E-state index in [4.69, 9.17) is 0 Å². The van der Waals surface area contributed by atoms with Gasteiger partial charge in [-0.05, 0) is 0 Å². The Morgan fingerprint density at radius 2 is 1.67 bits per heavy atom. The van der Waals surface area contributed by atoms with Crippen molar-refractivity contribution in [2.24, 2.45) is 0 Å². The van der Waals surface area contributed by atoms with E-state index in [1.54, 1.807) is 0 Å². The number of halogens is 5. The van der Waals surface area contributed by atoms with Gasteiger partial charge in [-0.25, -0.2) is 0 Å². The van der Waals surface area contributed by atoms with E-state index in [0.29, 0.717) is 0 Å². The summed E-state index contributed by atoms with van der Waals surface area (Å²) < 4.78 is 64.5. The molecule has 18 heavy (non-hydrogen) atoms. The SMILES string of the molecule is COCCNC(=O)CNC(=O)C(F)(F)C(F)(F)F. The van der Waals surface area contributed by atoms with Crippen molar-refractivity contribution in [2.45, 2.75) is 12.1 Å². The molecule has 10 heteroatoms. The first-order valence-electron chi connectivity index (χ1n) is 4.61. The van der Waals surface area contributed by atoms with Gasteiger partial charge in [0.2, 0.25) is 5.91 Å². The van der Waals surface area contributed by atoms with Gasteiger partial charge in [0.25, 0.3) is 0 Å². The Kier molecular flexibility index (Phi) is 5.95. The second-order valence-corrected chi connectivity index (χ2v) is 3.10. The van der Waals surface area contributed by atoms with Crippen molar-refractivity contribution in [3.05, 3.63) is 0 Å². The summed E-state index contributed by atoms with van der Waals surface area (Å²) in [7, 11) is 1.35. The molecular formula is C8H11F5N2O3. The quantitative estimate of drug-likeness (QED) is 0.533. The highest BCUT2D eigenvalue weighted by molar-refractivity contribution is 5.88. The van der Waals surface area contributed by atoms with Crippen molar-refractivity contribution < 1.29 is 36.3 Å². The summed E-state index contributed by atoms with van der Waals surface area (Å²) in [6.45, 7) is -0.798. The fourth-order valence-corrected chi connectivity index (χ4v) is 0.755. The van der Waals surface area contributed by atoms with Gasteiger partial charge in [-0.2, -0.15) is 22.0 Å². The van der Waals surface area contributed by atoms with Gasteiger partial charge in [0, 0.05) is 13.7 Å². The summed E-state index contributed by atoms with van der Waals surface area (Å²) in [5.41, 5.74) is 0. The number of hydrogen-bond donors (Lipinski definition) is 2. The van der Waals surface area contributed by atoms with E-state index in [0.717, 1.165) is 0 Å². The maximum atomic E-state index is 12.4. The summed E-state index contributed by atoms with van der Waals surface area (Å²) in [6, 6.07) is 0. The standard InChI is InChI=1S/C8H11F5N2O3/c1-18-3-2-14-5(16)4-15-6(17)7(9,10)8(11,12)13/h2-4H2,1H3,(H,14,16)(H,15,17). The molecule has 0 saturated carbocycles. The van der Waals surface area contributed by atoms with Crippen LogP contribution in [0.4, 0.5) is 22.0 Å². The molecule has 2 amide bonds. The topological polar surface area (TPSA) is 67.4 Å². The molecule has 0 rings (SSSR count). The number of amides is 2. The number of methoxy groups -OCH3 is 1. The van der Waals surface area contributed by atoms with E-state index in [2.05, 4.69) is 10.1 Å². The lowest BCUT2D eigenvalue weighted by molar-refractivity contribution is -0.269. The normalized spacial score (nSPS) is 12.1. The van der Waals surface area contributed by atoms with Gasteiger partial charge in [0.1, 0.15) is 0 Å². The third kappa shape index (κ3) is 4.82. The van der Waals surface area contributed by atoms with Crippen LogP contribution in [0.15, 0.2) is 0 Å². The van der Waals surface area contributed by atoms with Crippen LogP contribution in [-0.4, -0.2) is 50.7 Å². The summed E-state index contributed by atoms with van der Waals surface area (Å²) in [6.07, 6.45) is -6.00. The number of nitrogens with one attached hydrogen (secondary N) is 2. The number of carbonyl (C=O) groups excluding carboxylic acids is 2. The number of alkyl halides is 5. The van der Waals surface area contributed by atoms with E-state index < -0.39 is 30.5 Å².